The summed E-state index contributed by atoms with van der Waals surface area (Å²) in [4.78, 5) is 17.7. The van der Waals surface area contributed by atoms with Crippen LogP contribution in [0.5, 0.6) is 0 Å². The Morgan fingerprint density at radius 1 is 1.20 bits per heavy atom. The number of aryl methyl sites for hydroxylation is 3. The molecule has 0 N–H and O–H groups in total. The maximum atomic E-state index is 12.1. The Balaban J connectivity index is 1.87. The SMILES string of the molecule is C/C(=N/OCc1c(C)cccc1-n1nnn(C)c1=O)c1cccn1C. The molecule has 8 heteroatoms. The van der Waals surface area contributed by atoms with E-state index in [-0.39, 0.29) is 12.3 Å². The molecule has 25 heavy (non-hydrogen) atoms. The molecule has 0 aliphatic rings. The molecule has 0 bridgehead atoms. The zero-order chi connectivity index (χ0) is 18.0. The Bertz CT molecular complexity index is 979. The van der Waals surface area contributed by atoms with Gasteiger partial charge in [-0.1, -0.05) is 17.3 Å². The fraction of sp³-hybridized carbons (Fsp3) is 0.294. The fourth-order valence-electron chi connectivity index (χ4n) is 2.62. The lowest BCUT2D eigenvalue weighted by Gasteiger charge is -2.11. The van der Waals surface area contributed by atoms with Crippen LogP contribution in [-0.4, -0.2) is 30.1 Å². The van der Waals surface area contributed by atoms with Crippen molar-refractivity contribution in [3.05, 3.63) is 63.8 Å². The number of tetrazole rings is 1. The van der Waals surface area contributed by atoms with Crippen LogP contribution in [0, 0.1) is 6.92 Å². The lowest BCUT2D eigenvalue weighted by atomic mass is 10.1. The van der Waals surface area contributed by atoms with Gasteiger partial charge in [0, 0.05) is 25.9 Å². The van der Waals surface area contributed by atoms with E-state index in [2.05, 4.69) is 15.6 Å². The molecule has 1 aromatic carbocycles. The summed E-state index contributed by atoms with van der Waals surface area (Å²) >= 11 is 0. The van der Waals surface area contributed by atoms with Crippen molar-refractivity contribution in [2.45, 2.75) is 20.5 Å². The molecule has 130 valence electrons. The molecule has 0 fully saturated rings. The number of rotatable bonds is 5. The van der Waals surface area contributed by atoms with Crippen molar-refractivity contribution >= 4 is 5.71 Å². The molecule has 0 spiro atoms. The summed E-state index contributed by atoms with van der Waals surface area (Å²) in [6.45, 7) is 4.07. The van der Waals surface area contributed by atoms with E-state index in [9.17, 15) is 4.79 Å². The molecule has 0 saturated heterocycles. The second-order valence-corrected chi connectivity index (χ2v) is 5.82. The summed E-state index contributed by atoms with van der Waals surface area (Å²) in [7, 11) is 3.51. The molecular weight excluding hydrogens is 320 g/mol. The zero-order valence-corrected chi connectivity index (χ0v) is 14.7. The van der Waals surface area contributed by atoms with Crippen LogP contribution in [-0.2, 0) is 25.5 Å². The first kappa shape index (κ1) is 16.7. The molecular formula is C17H20N6O2. The van der Waals surface area contributed by atoms with Gasteiger partial charge in [0.15, 0.2) is 0 Å². The van der Waals surface area contributed by atoms with E-state index in [1.807, 2.05) is 62.0 Å². The Hall–Kier alpha value is -3.16. The Morgan fingerprint density at radius 2 is 2.00 bits per heavy atom. The minimum Gasteiger partial charge on any atom is -0.391 e. The van der Waals surface area contributed by atoms with Crippen LogP contribution in [0.2, 0.25) is 0 Å². The van der Waals surface area contributed by atoms with Crippen molar-refractivity contribution in [3.8, 4) is 5.69 Å². The van der Waals surface area contributed by atoms with Gasteiger partial charge in [0.05, 0.1) is 11.4 Å². The summed E-state index contributed by atoms with van der Waals surface area (Å²) in [6.07, 6.45) is 1.95. The largest absolute Gasteiger partial charge is 0.391 e. The first-order chi connectivity index (χ1) is 12.0. The van der Waals surface area contributed by atoms with Gasteiger partial charge >= 0.3 is 5.69 Å². The van der Waals surface area contributed by atoms with E-state index >= 15 is 0 Å². The Kier molecular flexibility index (Phi) is 4.51. The number of oxime groups is 1. The second-order valence-electron chi connectivity index (χ2n) is 5.82. The first-order valence-corrected chi connectivity index (χ1v) is 7.85. The van der Waals surface area contributed by atoms with Gasteiger partial charge in [-0.15, -0.1) is 0 Å². The molecule has 8 nitrogen and oxygen atoms in total. The van der Waals surface area contributed by atoms with Gasteiger partial charge < -0.3 is 9.40 Å². The van der Waals surface area contributed by atoms with Gasteiger partial charge in [0.25, 0.3) is 0 Å². The third-order valence-electron chi connectivity index (χ3n) is 4.06. The van der Waals surface area contributed by atoms with Gasteiger partial charge in [0.2, 0.25) is 0 Å². The van der Waals surface area contributed by atoms with E-state index < -0.39 is 0 Å². The van der Waals surface area contributed by atoms with E-state index in [0.29, 0.717) is 5.69 Å². The summed E-state index contributed by atoms with van der Waals surface area (Å²) in [5, 5.41) is 11.9. The lowest BCUT2D eigenvalue weighted by Crippen LogP contribution is -2.23. The maximum Gasteiger partial charge on any atom is 0.368 e. The highest BCUT2D eigenvalue weighted by molar-refractivity contribution is 5.96. The normalized spacial score (nSPS) is 11.8. The standard InChI is InChI=1S/C17H20N6O2/c1-12-7-5-8-16(23-17(24)22(4)19-20-23)14(12)11-25-18-13(2)15-9-6-10-21(15)3/h5-10H,11H2,1-4H3/b18-13-. The van der Waals surface area contributed by atoms with Crippen LogP contribution in [0.15, 0.2) is 46.5 Å². The number of hydrogen-bond acceptors (Lipinski definition) is 5. The van der Waals surface area contributed by atoms with Gasteiger partial charge in [-0.2, -0.15) is 9.36 Å². The summed E-state index contributed by atoms with van der Waals surface area (Å²) in [5.74, 6) is 0. The minimum atomic E-state index is -0.310. The van der Waals surface area contributed by atoms with Crippen molar-refractivity contribution < 1.29 is 4.84 Å². The molecule has 0 unspecified atom stereocenters. The molecule has 0 radical (unpaired) electrons. The highest BCUT2D eigenvalue weighted by Crippen LogP contribution is 2.18. The van der Waals surface area contributed by atoms with Crippen LogP contribution in [0.3, 0.4) is 0 Å². The Labute approximate surface area is 144 Å². The molecule has 3 aromatic rings. The molecule has 0 aliphatic heterocycles. The molecule has 2 aromatic heterocycles. The van der Waals surface area contributed by atoms with Gasteiger partial charge in [-0.25, -0.2) is 4.79 Å². The number of nitrogens with zero attached hydrogens (tertiary/aromatic N) is 6. The van der Waals surface area contributed by atoms with Crippen molar-refractivity contribution in [1.29, 1.82) is 0 Å². The van der Waals surface area contributed by atoms with Gasteiger partial charge in [0.1, 0.15) is 12.3 Å². The molecule has 0 aliphatic carbocycles. The lowest BCUT2D eigenvalue weighted by molar-refractivity contribution is 0.130. The van der Waals surface area contributed by atoms with Gasteiger partial charge in [-0.05, 0) is 48.0 Å². The topological polar surface area (TPSA) is 79.2 Å². The summed E-state index contributed by atoms with van der Waals surface area (Å²) < 4.78 is 4.42. The summed E-state index contributed by atoms with van der Waals surface area (Å²) in [6, 6.07) is 9.56. The summed E-state index contributed by atoms with van der Waals surface area (Å²) in [5.41, 5.74) is 3.92. The molecule has 0 saturated carbocycles. The van der Waals surface area contributed by atoms with Crippen molar-refractivity contribution in [1.82, 2.24) is 24.4 Å². The van der Waals surface area contributed by atoms with E-state index in [0.717, 1.165) is 22.5 Å². The maximum absolute atomic E-state index is 12.1. The highest BCUT2D eigenvalue weighted by atomic mass is 16.6. The van der Waals surface area contributed by atoms with Crippen LogP contribution >= 0.6 is 0 Å². The van der Waals surface area contributed by atoms with E-state index in [4.69, 9.17) is 4.84 Å². The quantitative estimate of drug-likeness (QED) is 0.521. The van der Waals surface area contributed by atoms with Crippen molar-refractivity contribution in [3.63, 3.8) is 0 Å². The average molecular weight is 340 g/mol. The molecule has 0 atom stereocenters. The monoisotopic (exact) mass is 340 g/mol. The van der Waals surface area contributed by atoms with Crippen LogP contribution < -0.4 is 5.69 Å². The number of aromatic nitrogens is 5. The van der Waals surface area contributed by atoms with Crippen molar-refractivity contribution in [2.24, 2.45) is 19.3 Å². The van der Waals surface area contributed by atoms with Crippen molar-refractivity contribution in [2.75, 3.05) is 0 Å². The van der Waals surface area contributed by atoms with E-state index in [1.54, 1.807) is 7.05 Å². The Morgan fingerprint density at radius 3 is 2.64 bits per heavy atom. The predicted molar refractivity (Wildman–Crippen MR) is 93.8 cm³/mol. The second kappa shape index (κ2) is 6.76. The molecule has 3 rings (SSSR count). The highest BCUT2D eigenvalue weighted by Gasteiger charge is 2.13. The smallest absolute Gasteiger partial charge is 0.368 e. The molecule has 0 amide bonds. The number of benzene rings is 1. The third-order valence-corrected chi connectivity index (χ3v) is 4.06. The average Bonchev–Trinajstić information content (AvgIpc) is 3.15. The third kappa shape index (κ3) is 3.23. The zero-order valence-electron chi connectivity index (χ0n) is 14.7. The van der Waals surface area contributed by atoms with Crippen LogP contribution in [0.25, 0.3) is 5.69 Å². The van der Waals surface area contributed by atoms with Gasteiger partial charge in [-0.3, -0.25) is 0 Å². The van der Waals surface area contributed by atoms with Crippen LogP contribution in [0.4, 0.5) is 0 Å². The number of hydrogen-bond donors (Lipinski definition) is 0. The van der Waals surface area contributed by atoms with Crippen LogP contribution in [0.1, 0.15) is 23.7 Å². The predicted octanol–water partition coefficient (Wildman–Crippen LogP) is 1.55. The first-order valence-electron chi connectivity index (χ1n) is 7.85. The fourth-order valence-corrected chi connectivity index (χ4v) is 2.62. The molecule has 2 heterocycles. The minimum absolute atomic E-state index is 0.229. The van der Waals surface area contributed by atoms with E-state index in [1.165, 1.54) is 9.36 Å².